The molecule has 2 heterocycles. The first-order valence-corrected chi connectivity index (χ1v) is 9.35. The maximum atomic E-state index is 12.4. The normalized spacial score (nSPS) is 13.4. The van der Waals surface area contributed by atoms with Crippen LogP contribution in [0.4, 0.5) is 5.69 Å². The average Bonchev–Trinajstić information content (AvgIpc) is 3.40. The van der Waals surface area contributed by atoms with Gasteiger partial charge >= 0.3 is 0 Å². The highest BCUT2D eigenvalue weighted by molar-refractivity contribution is 8.02. The van der Waals surface area contributed by atoms with Gasteiger partial charge in [-0.3, -0.25) is 4.79 Å². The number of oxazole rings is 1. The van der Waals surface area contributed by atoms with E-state index in [1.165, 1.54) is 18.3 Å². The standard InChI is InChI=1S/C20H18N4O3S/c1-12-19(28-24-23-12)20(25)22-15-6-3-13(4-7-15)16-9-14(5-8-17(16)26-2)18-10-21-11-27-18/h3-11,23-24H,1-2H3,(H,22,25). The van der Waals surface area contributed by atoms with Gasteiger partial charge in [-0.25, -0.2) is 4.98 Å². The molecule has 0 unspecified atom stereocenters. The second-order valence-corrected chi connectivity index (χ2v) is 6.91. The first kappa shape index (κ1) is 18.1. The number of hydrogen-bond donors (Lipinski definition) is 3. The third-order valence-corrected chi connectivity index (χ3v) is 5.21. The highest BCUT2D eigenvalue weighted by Crippen LogP contribution is 2.35. The average molecular weight is 394 g/mol. The number of hydrogen-bond acceptors (Lipinski definition) is 7. The molecule has 4 rings (SSSR count). The summed E-state index contributed by atoms with van der Waals surface area (Å²) < 4.78 is 10.9. The Morgan fingerprint density at radius 1 is 1.18 bits per heavy atom. The lowest BCUT2D eigenvalue weighted by atomic mass is 10.0. The number of aromatic nitrogens is 1. The molecule has 0 radical (unpaired) electrons. The Morgan fingerprint density at radius 3 is 2.61 bits per heavy atom. The Bertz CT molecular complexity index is 1030. The third kappa shape index (κ3) is 3.60. The summed E-state index contributed by atoms with van der Waals surface area (Å²) in [7, 11) is 1.64. The quantitative estimate of drug-likeness (QED) is 0.565. The molecule has 0 aliphatic carbocycles. The van der Waals surface area contributed by atoms with E-state index in [-0.39, 0.29) is 5.91 Å². The predicted octanol–water partition coefficient (Wildman–Crippen LogP) is 3.94. The van der Waals surface area contributed by atoms with Gasteiger partial charge in [0.1, 0.15) is 10.7 Å². The van der Waals surface area contributed by atoms with E-state index in [9.17, 15) is 4.79 Å². The summed E-state index contributed by atoms with van der Waals surface area (Å²) in [5, 5.41) is 2.90. The van der Waals surface area contributed by atoms with Crippen molar-refractivity contribution in [3.8, 4) is 28.2 Å². The molecule has 0 saturated carbocycles. The molecule has 7 nitrogen and oxygen atoms in total. The summed E-state index contributed by atoms with van der Waals surface area (Å²) in [4.78, 5) is 19.8. The zero-order valence-corrected chi connectivity index (χ0v) is 16.1. The summed E-state index contributed by atoms with van der Waals surface area (Å²) in [6.07, 6.45) is 3.08. The smallest absolute Gasteiger partial charge is 0.265 e. The molecule has 8 heteroatoms. The molecule has 0 spiro atoms. The number of hydrazine groups is 1. The van der Waals surface area contributed by atoms with Crippen molar-refractivity contribution in [3.63, 3.8) is 0 Å². The first-order chi connectivity index (χ1) is 13.7. The van der Waals surface area contributed by atoms with Crippen LogP contribution in [0.25, 0.3) is 22.5 Å². The molecule has 142 valence electrons. The van der Waals surface area contributed by atoms with Gasteiger partial charge in [0, 0.05) is 22.5 Å². The zero-order valence-electron chi connectivity index (χ0n) is 15.3. The van der Waals surface area contributed by atoms with E-state index < -0.39 is 0 Å². The molecular formula is C20H18N4O3S. The number of carbonyl (C=O) groups excluding carboxylic acids is 1. The number of rotatable bonds is 5. The molecule has 3 N–H and O–H groups in total. The van der Waals surface area contributed by atoms with Gasteiger partial charge < -0.3 is 19.9 Å². The minimum absolute atomic E-state index is 0.155. The molecule has 1 aliphatic rings. The van der Waals surface area contributed by atoms with E-state index in [0.29, 0.717) is 16.4 Å². The van der Waals surface area contributed by atoms with Gasteiger partial charge in [0.15, 0.2) is 12.2 Å². The van der Waals surface area contributed by atoms with Crippen molar-refractivity contribution < 1.29 is 13.9 Å². The molecule has 3 aromatic rings. The fraction of sp³-hybridized carbons (Fsp3) is 0.100. The van der Waals surface area contributed by atoms with E-state index in [1.807, 2.05) is 49.4 Å². The maximum Gasteiger partial charge on any atom is 0.265 e. The van der Waals surface area contributed by atoms with Crippen molar-refractivity contribution in [1.29, 1.82) is 0 Å². The van der Waals surface area contributed by atoms with E-state index in [4.69, 9.17) is 9.15 Å². The Labute approximate surface area is 166 Å². The monoisotopic (exact) mass is 394 g/mol. The highest BCUT2D eigenvalue weighted by atomic mass is 32.2. The van der Waals surface area contributed by atoms with Crippen LogP contribution in [-0.2, 0) is 4.79 Å². The van der Waals surface area contributed by atoms with Crippen LogP contribution in [-0.4, -0.2) is 18.0 Å². The SMILES string of the molecule is COc1ccc(-c2cnco2)cc1-c1ccc(NC(=O)C2=C(C)NNS2)cc1. The lowest BCUT2D eigenvalue weighted by Crippen LogP contribution is -2.16. The van der Waals surface area contributed by atoms with Crippen molar-refractivity contribution in [1.82, 2.24) is 15.2 Å². The van der Waals surface area contributed by atoms with Gasteiger partial charge in [0.05, 0.1) is 13.3 Å². The van der Waals surface area contributed by atoms with Crippen molar-refractivity contribution >= 4 is 23.5 Å². The Morgan fingerprint density at radius 2 is 1.96 bits per heavy atom. The molecule has 0 atom stereocenters. The van der Waals surface area contributed by atoms with E-state index >= 15 is 0 Å². The van der Waals surface area contributed by atoms with Crippen LogP contribution in [0.3, 0.4) is 0 Å². The summed E-state index contributed by atoms with van der Waals surface area (Å²) in [5.74, 6) is 1.28. The minimum atomic E-state index is -0.155. The molecule has 1 aliphatic heterocycles. The lowest BCUT2D eigenvalue weighted by molar-refractivity contribution is -0.112. The van der Waals surface area contributed by atoms with E-state index in [0.717, 1.165) is 28.1 Å². The number of anilines is 1. The number of methoxy groups -OCH3 is 1. The topological polar surface area (TPSA) is 88.4 Å². The van der Waals surface area contributed by atoms with Crippen LogP contribution in [0, 0.1) is 0 Å². The summed E-state index contributed by atoms with van der Waals surface area (Å²) >= 11 is 1.26. The summed E-state index contributed by atoms with van der Waals surface area (Å²) in [6, 6.07) is 13.4. The second-order valence-electron chi connectivity index (χ2n) is 6.10. The number of amides is 1. The number of benzene rings is 2. The van der Waals surface area contributed by atoms with E-state index in [2.05, 4.69) is 20.6 Å². The molecule has 2 aromatic carbocycles. The van der Waals surface area contributed by atoms with Gasteiger partial charge in [0.25, 0.3) is 5.91 Å². The number of nitrogens with one attached hydrogen (secondary N) is 3. The predicted molar refractivity (Wildman–Crippen MR) is 109 cm³/mol. The summed E-state index contributed by atoms with van der Waals surface area (Å²) in [6.45, 7) is 1.85. The Balaban J connectivity index is 1.59. The number of ether oxygens (including phenoxy) is 1. The second kappa shape index (κ2) is 7.79. The molecular weight excluding hydrogens is 376 g/mol. The van der Waals surface area contributed by atoms with Crippen molar-refractivity contribution in [2.75, 3.05) is 12.4 Å². The fourth-order valence-electron chi connectivity index (χ4n) is 2.87. The fourth-order valence-corrected chi connectivity index (χ4v) is 3.52. The highest BCUT2D eigenvalue weighted by Gasteiger charge is 2.19. The summed E-state index contributed by atoms with van der Waals surface area (Å²) in [5.41, 5.74) is 7.21. The largest absolute Gasteiger partial charge is 0.496 e. The van der Waals surface area contributed by atoms with Gasteiger partial charge in [-0.15, -0.1) is 0 Å². The number of carbonyl (C=O) groups is 1. The molecule has 28 heavy (non-hydrogen) atoms. The third-order valence-electron chi connectivity index (χ3n) is 4.31. The molecule has 1 amide bonds. The van der Waals surface area contributed by atoms with Crippen LogP contribution in [0.2, 0.25) is 0 Å². The number of nitrogens with zero attached hydrogens (tertiary/aromatic N) is 1. The van der Waals surface area contributed by atoms with Gasteiger partial charge in [-0.05, 0) is 54.8 Å². The van der Waals surface area contributed by atoms with Crippen LogP contribution in [0.5, 0.6) is 5.75 Å². The van der Waals surface area contributed by atoms with Gasteiger partial charge in [-0.2, -0.15) is 4.83 Å². The van der Waals surface area contributed by atoms with Crippen LogP contribution >= 0.6 is 11.9 Å². The lowest BCUT2D eigenvalue weighted by Gasteiger charge is -2.11. The van der Waals surface area contributed by atoms with E-state index in [1.54, 1.807) is 13.3 Å². The van der Waals surface area contributed by atoms with Crippen LogP contribution < -0.4 is 20.3 Å². The Kier molecular flexibility index (Phi) is 5.05. The van der Waals surface area contributed by atoms with Crippen LogP contribution in [0.1, 0.15) is 6.92 Å². The maximum absolute atomic E-state index is 12.4. The molecule has 0 fully saturated rings. The number of allylic oxidation sites excluding steroid dienone is 1. The van der Waals surface area contributed by atoms with Gasteiger partial charge in [0.2, 0.25) is 0 Å². The van der Waals surface area contributed by atoms with Crippen LogP contribution in [0.15, 0.2) is 70.1 Å². The van der Waals surface area contributed by atoms with Gasteiger partial charge in [-0.1, -0.05) is 12.1 Å². The zero-order chi connectivity index (χ0) is 19.5. The van der Waals surface area contributed by atoms with Crippen molar-refractivity contribution in [2.24, 2.45) is 0 Å². The molecule has 0 saturated heterocycles. The van der Waals surface area contributed by atoms with Crippen molar-refractivity contribution in [2.45, 2.75) is 6.92 Å². The molecule has 0 bridgehead atoms. The minimum Gasteiger partial charge on any atom is -0.496 e. The Hall–Kier alpha value is -3.23. The van der Waals surface area contributed by atoms with Crippen molar-refractivity contribution in [3.05, 3.63) is 65.7 Å². The molecule has 1 aromatic heterocycles. The first-order valence-electron chi connectivity index (χ1n) is 8.53.